The number of nitrogens with zero attached hydrogens (tertiary/aromatic N) is 1. The molecular weight excluding hydrogens is 406 g/mol. The van der Waals surface area contributed by atoms with E-state index in [1.807, 2.05) is 90.9 Å². The van der Waals surface area contributed by atoms with Crippen LogP contribution >= 0.6 is 11.3 Å². The van der Waals surface area contributed by atoms with Crippen molar-refractivity contribution in [3.05, 3.63) is 94.3 Å². The molecule has 0 saturated heterocycles. The van der Waals surface area contributed by atoms with E-state index in [2.05, 4.69) is 12.1 Å². The molecule has 0 atom stereocenters. The average molecular weight is 434 g/mol. The van der Waals surface area contributed by atoms with E-state index in [4.69, 9.17) is 9.47 Å². The van der Waals surface area contributed by atoms with Crippen molar-refractivity contribution in [2.24, 2.45) is 0 Å². The van der Waals surface area contributed by atoms with Gasteiger partial charge in [0.15, 0.2) is 0 Å². The van der Waals surface area contributed by atoms with Gasteiger partial charge in [-0.25, -0.2) is 4.79 Å². The summed E-state index contributed by atoms with van der Waals surface area (Å²) in [6.45, 7) is 4.76. The first-order valence-electron chi connectivity index (χ1n) is 10.3. The number of methoxy groups -OCH3 is 1. The van der Waals surface area contributed by atoms with E-state index in [1.54, 1.807) is 18.4 Å². The van der Waals surface area contributed by atoms with Crippen LogP contribution in [0.25, 0.3) is 11.6 Å². The molecular formula is C26H27NO3S. The average Bonchev–Trinajstić information content (AvgIpc) is 3.34. The molecule has 0 unspecified atom stereocenters. The predicted octanol–water partition coefficient (Wildman–Crippen LogP) is 6.27. The molecule has 0 saturated carbocycles. The Morgan fingerprint density at radius 3 is 2.32 bits per heavy atom. The first-order valence-corrected chi connectivity index (χ1v) is 11.1. The second-order valence-corrected chi connectivity index (χ2v) is 7.63. The largest absolute Gasteiger partial charge is 0.497 e. The minimum absolute atomic E-state index is 0.313. The molecule has 0 bridgehead atoms. The number of esters is 1. The molecule has 3 aromatic rings. The molecule has 0 fully saturated rings. The number of likely N-dealkylation sites (N-methyl/N-ethyl adjacent to an activating group) is 1. The molecule has 0 amide bonds. The van der Waals surface area contributed by atoms with Gasteiger partial charge in [-0.2, -0.15) is 0 Å². The molecule has 160 valence electrons. The molecule has 0 radical (unpaired) electrons. The Labute approximate surface area is 188 Å². The summed E-state index contributed by atoms with van der Waals surface area (Å²) in [5, 5.41) is 2.03. The summed E-state index contributed by atoms with van der Waals surface area (Å²) in [6.07, 6.45) is 4.01. The van der Waals surface area contributed by atoms with Crippen LogP contribution in [0.15, 0.2) is 83.9 Å². The van der Waals surface area contributed by atoms with E-state index in [-0.39, 0.29) is 5.97 Å². The predicted molar refractivity (Wildman–Crippen MR) is 129 cm³/mol. The first-order chi connectivity index (χ1) is 15.2. The van der Waals surface area contributed by atoms with Crippen molar-refractivity contribution >= 4 is 34.6 Å². The maximum atomic E-state index is 13.0. The molecule has 0 aliphatic carbocycles. The van der Waals surface area contributed by atoms with Gasteiger partial charge in [0.2, 0.25) is 0 Å². The summed E-state index contributed by atoms with van der Waals surface area (Å²) in [5.74, 6) is 0.417. The highest BCUT2D eigenvalue weighted by molar-refractivity contribution is 7.11. The van der Waals surface area contributed by atoms with E-state index in [0.29, 0.717) is 18.8 Å². The number of rotatable bonds is 9. The van der Waals surface area contributed by atoms with Crippen LogP contribution in [0.5, 0.6) is 5.75 Å². The monoisotopic (exact) mass is 433 g/mol. The van der Waals surface area contributed by atoms with Crippen LogP contribution < -0.4 is 9.64 Å². The van der Waals surface area contributed by atoms with E-state index in [9.17, 15) is 4.79 Å². The van der Waals surface area contributed by atoms with Gasteiger partial charge in [-0.1, -0.05) is 36.4 Å². The van der Waals surface area contributed by atoms with Crippen molar-refractivity contribution in [2.75, 3.05) is 25.2 Å². The lowest BCUT2D eigenvalue weighted by Gasteiger charge is -2.25. The van der Waals surface area contributed by atoms with Gasteiger partial charge in [0.1, 0.15) is 11.4 Å². The minimum atomic E-state index is -0.351. The third kappa shape index (κ3) is 5.86. The number of benzene rings is 2. The summed E-state index contributed by atoms with van der Waals surface area (Å²) in [5.41, 5.74) is 3.41. The maximum absolute atomic E-state index is 13.0. The number of anilines is 1. The van der Waals surface area contributed by atoms with Gasteiger partial charge in [-0.15, -0.1) is 11.3 Å². The van der Waals surface area contributed by atoms with Crippen LogP contribution in [-0.2, 0) is 9.53 Å². The minimum Gasteiger partial charge on any atom is -0.497 e. The summed E-state index contributed by atoms with van der Waals surface area (Å²) < 4.78 is 10.7. The quantitative estimate of drug-likeness (QED) is 0.226. The molecule has 0 aliphatic heterocycles. The molecule has 4 nitrogen and oxygen atoms in total. The van der Waals surface area contributed by atoms with Gasteiger partial charge in [0.25, 0.3) is 0 Å². The van der Waals surface area contributed by atoms with Crippen molar-refractivity contribution in [1.29, 1.82) is 0 Å². The Bertz CT molecular complexity index is 1020. The van der Waals surface area contributed by atoms with Crippen molar-refractivity contribution in [1.82, 2.24) is 0 Å². The number of thiophene rings is 1. The van der Waals surface area contributed by atoms with E-state index in [0.717, 1.165) is 27.5 Å². The second-order valence-electron chi connectivity index (χ2n) is 6.68. The second kappa shape index (κ2) is 11.2. The van der Waals surface area contributed by atoms with Gasteiger partial charge >= 0.3 is 5.97 Å². The lowest BCUT2D eigenvalue weighted by molar-refractivity contribution is -0.138. The Morgan fingerprint density at radius 2 is 1.74 bits per heavy atom. The summed E-state index contributed by atoms with van der Waals surface area (Å²) >= 11 is 1.64. The van der Waals surface area contributed by atoms with Gasteiger partial charge in [0.05, 0.1) is 13.7 Å². The van der Waals surface area contributed by atoms with Crippen molar-refractivity contribution in [3.63, 3.8) is 0 Å². The Kier molecular flexibility index (Phi) is 8.07. The SMILES string of the molecule is CCOC(=O)/C(=C/C(=C/c1ccccc1)c1cccs1)N(CC)c1ccc(OC)cc1. The standard InChI is InChI=1S/C26H27NO3S/c1-4-27(22-13-15-23(29-3)16-14-22)24(26(28)30-5-2)19-21(25-12-9-17-31-25)18-20-10-7-6-8-11-20/h6-19H,4-5H2,1-3H3/b21-18-,24-19-. The topological polar surface area (TPSA) is 38.8 Å². The fourth-order valence-electron chi connectivity index (χ4n) is 3.21. The third-order valence-electron chi connectivity index (χ3n) is 4.70. The number of hydrogen-bond acceptors (Lipinski definition) is 5. The number of carbonyl (C=O) groups excluding carboxylic acids is 1. The zero-order chi connectivity index (χ0) is 22.1. The molecule has 0 N–H and O–H groups in total. The molecule has 0 aliphatic rings. The van der Waals surface area contributed by atoms with Crippen molar-refractivity contribution < 1.29 is 14.3 Å². The highest BCUT2D eigenvalue weighted by Crippen LogP contribution is 2.29. The van der Waals surface area contributed by atoms with E-state index in [1.165, 1.54) is 0 Å². The van der Waals surface area contributed by atoms with Crippen molar-refractivity contribution in [2.45, 2.75) is 13.8 Å². The van der Waals surface area contributed by atoms with Crippen molar-refractivity contribution in [3.8, 4) is 5.75 Å². The Morgan fingerprint density at radius 1 is 1.00 bits per heavy atom. The van der Waals surface area contributed by atoms with E-state index < -0.39 is 0 Å². The Hall–Kier alpha value is -3.31. The molecule has 0 spiro atoms. The third-order valence-corrected chi connectivity index (χ3v) is 5.61. The first kappa shape index (κ1) is 22.4. The van der Waals surface area contributed by atoms with Crippen LogP contribution in [0.2, 0.25) is 0 Å². The van der Waals surface area contributed by atoms with Gasteiger partial charge in [-0.3, -0.25) is 0 Å². The van der Waals surface area contributed by atoms with Crippen LogP contribution in [0, 0.1) is 0 Å². The lowest BCUT2D eigenvalue weighted by Crippen LogP contribution is -2.28. The Balaban J connectivity index is 2.11. The van der Waals surface area contributed by atoms with Crippen LogP contribution in [-0.4, -0.2) is 26.2 Å². The highest BCUT2D eigenvalue weighted by atomic mass is 32.1. The molecule has 1 heterocycles. The number of allylic oxidation sites excluding steroid dienone is 2. The van der Waals surface area contributed by atoms with Crippen LogP contribution in [0.3, 0.4) is 0 Å². The van der Waals surface area contributed by atoms with Crippen LogP contribution in [0.4, 0.5) is 5.69 Å². The number of ether oxygens (including phenoxy) is 2. The normalized spacial score (nSPS) is 11.8. The number of carbonyl (C=O) groups is 1. The summed E-state index contributed by atoms with van der Waals surface area (Å²) in [7, 11) is 1.64. The van der Waals surface area contributed by atoms with E-state index >= 15 is 0 Å². The zero-order valence-electron chi connectivity index (χ0n) is 18.1. The van der Waals surface area contributed by atoms with Gasteiger partial charge in [0, 0.05) is 17.1 Å². The lowest BCUT2D eigenvalue weighted by atomic mass is 10.1. The number of hydrogen-bond donors (Lipinski definition) is 0. The smallest absolute Gasteiger partial charge is 0.354 e. The van der Waals surface area contributed by atoms with Crippen LogP contribution in [0.1, 0.15) is 24.3 Å². The maximum Gasteiger partial charge on any atom is 0.354 e. The molecule has 31 heavy (non-hydrogen) atoms. The fourth-order valence-corrected chi connectivity index (χ4v) is 3.92. The summed E-state index contributed by atoms with van der Waals surface area (Å²) in [6, 6.07) is 21.8. The van der Waals surface area contributed by atoms with Gasteiger partial charge in [-0.05, 0) is 72.8 Å². The molecule has 1 aromatic heterocycles. The highest BCUT2D eigenvalue weighted by Gasteiger charge is 2.20. The molecule has 2 aromatic carbocycles. The molecule has 3 rings (SSSR count). The molecule has 5 heteroatoms. The zero-order valence-corrected chi connectivity index (χ0v) is 18.9. The summed E-state index contributed by atoms with van der Waals surface area (Å²) in [4.78, 5) is 16.1. The fraction of sp³-hybridized carbons (Fsp3) is 0.192. The van der Waals surface area contributed by atoms with Gasteiger partial charge < -0.3 is 14.4 Å².